The van der Waals surface area contributed by atoms with Gasteiger partial charge in [0.15, 0.2) is 5.82 Å². The summed E-state index contributed by atoms with van der Waals surface area (Å²) >= 11 is 0. The van der Waals surface area contributed by atoms with Crippen molar-refractivity contribution in [3.63, 3.8) is 0 Å². The Labute approximate surface area is 127 Å². The lowest BCUT2D eigenvalue weighted by atomic mass is 10.1. The van der Waals surface area contributed by atoms with Crippen molar-refractivity contribution in [3.05, 3.63) is 30.6 Å². The van der Waals surface area contributed by atoms with Crippen LogP contribution in [0, 0.1) is 0 Å². The lowest BCUT2D eigenvalue weighted by Gasteiger charge is -2.30. The van der Waals surface area contributed by atoms with Crippen molar-refractivity contribution in [2.24, 2.45) is 5.73 Å². The lowest BCUT2D eigenvalue weighted by molar-refractivity contribution is 0.493. The van der Waals surface area contributed by atoms with Gasteiger partial charge in [-0.2, -0.15) is 10.1 Å². The summed E-state index contributed by atoms with van der Waals surface area (Å²) in [4.78, 5) is 6.87. The van der Waals surface area contributed by atoms with Gasteiger partial charge in [0, 0.05) is 31.4 Å². The third kappa shape index (κ3) is 2.37. The maximum absolute atomic E-state index is 5.97. The molecule has 0 amide bonds. The highest BCUT2D eigenvalue weighted by atomic mass is 15.4. The summed E-state index contributed by atoms with van der Waals surface area (Å²) in [6, 6.07) is 6.09. The average Bonchev–Trinajstić information content (AvgIpc) is 3.19. The van der Waals surface area contributed by atoms with Crippen LogP contribution in [0.2, 0.25) is 0 Å². The molecule has 0 radical (unpaired) electrons. The van der Waals surface area contributed by atoms with E-state index in [9.17, 15) is 0 Å². The van der Waals surface area contributed by atoms with Crippen LogP contribution >= 0.6 is 0 Å². The molecule has 4 N–H and O–H groups in total. The Morgan fingerprint density at radius 2 is 2.14 bits per heavy atom. The van der Waals surface area contributed by atoms with E-state index in [1.807, 2.05) is 28.9 Å². The van der Waals surface area contributed by atoms with E-state index >= 15 is 0 Å². The van der Waals surface area contributed by atoms with E-state index in [1.54, 1.807) is 6.20 Å². The van der Waals surface area contributed by atoms with Crippen LogP contribution in [0.15, 0.2) is 30.6 Å². The molecule has 1 aliphatic heterocycles. The number of nitrogens with two attached hydrogens (primary N) is 1. The Morgan fingerprint density at radius 1 is 1.27 bits per heavy atom. The fourth-order valence-electron chi connectivity index (χ4n) is 2.70. The monoisotopic (exact) mass is 298 g/mol. The minimum Gasteiger partial charge on any atom is -0.339 e. The molecule has 1 aliphatic rings. The van der Waals surface area contributed by atoms with Gasteiger partial charge in [-0.25, -0.2) is 4.52 Å². The molecule has 8 heteroatoms. The topological polar surface area (TPSA) is 100 Å². The highest BCUT2D eigenvalue weighted by Gasteiger charge is 2.20. The molecule has 0 bridgehead atoms. The molecule has 0 atom stereocenters. The van der Waals surface area contributed by atoms with Crippen molar-refractivity contribution < 1.29 is 0 Å². The molecule has 3 aromatic rings. The SMILES string of the molecule is NC1CCN(c2nc(Nc3ccn[nH]3)c3cccn3n2)CC1. The number of hydrogen-bond donors (Lipinski definition) is 3. The first-order valence-corrected chi connectivity index (χ1v) is 7.42. The zero-order valence-corrected chi connectivity index (χ0v) is 12.1. The molecule has 22 heavy (non-hydrogen) atoms. The summed E-state index contributed by atoms with van der Waals surface area (Å²) in [5.74, 6) is 2.28. The molecule has 4 rings (SSSR count). The van der Waals surface area contributed by atoms with Gasteiger partial charge in [-0.3, -0.25) is 5.10 Å². The smallest absolute Gasteiger partial charge is 0.245 e. The largest absolute Gasteiger partial charge is 0.339 e. The Hall–Kier alpha value is -2.61. The van der Waals surface area contributed by atoms with E-state index in [0.29, 0.717) is 0 Å². The second-order valence-electron chi connectivity index (χ2n) is 5.52. The molecule has 0 saturated carbocycles. The van der Waals surface area contributed by atoms with Crippen molar-refractivity contribution in [1.29, 1.82) is 0 Å². The minimum atomic E-state index is 0.286. The van der Waals surface area contributed by atoms with Crippen LogP contribution in [0.1, 0.15) is 12.8 Å². The zero-order chi connectivity index (χ0) is 14.9. The summed E-state index contributed by atoms with van der Waals surface area (Å²) in [5, 5.41) is 14.7. The third-order valence-corrected chi connectivity index (χ3v) is 3.96. The van der Waals surface area contributed by atoms with Crippen LogP contribution in [0.25, 0.3) is 5.52 Å². The maximum Gasteiger partial charge on any atom is 0.245 e. The van der Waals surface area contributed by atoms with Crippen LogP contribution in [0.4, 0.5) is 17.6 Å². The van der Waals surface area contributed by atoms with Gasteiger partial charge in [0.2, 0.25) is 5.95 Å². The third-order valence-electron chi connectivity index (χ3n) is 3.96. The molecule has 0 aliphatic carbocycles. The highest BCUT2D eigenvalue weighted by Crippen LogP contribution is 2.23. The molecule has 0 unspecified atom stereocenters. The standard InChI is InChI=1S/C14H18N8/c15-10-4-8-21(9-5-10)14-18-13(17-12-3-6-16-19-12)11-2-1-7-22(11)20-14/h1-3,6-7,10H,4-5,8-9,15H2,(H2,16,17,18,19,20). The Kier molecular flexibility index (Phi) is 3.15. The zero-order valence-electron chi connectivity index (χ0n) is 12.1. The molecule has 4 heterocycles. The number of aromatic nitrogens is 5. The van der Waals surface area contributed by atoms with Crippen molar-refractivity contribution in [2.45, 2.75) is 18.9 Å². The van der Waals surface area contributed by atoms with Crippen LogP contribution in [-0.4, -0.2) is 43.9 Å². The molecule has 3 aromatic heterocycles. The molecular formula is C14H18N8. The first-order valence-electron chi connectivity index (χ1n) is 7.42. The van der Waals surface area contributed by atoms with Crippen molar-refractivity contribution in [2.75, 3.05) is 23.3 Å². The summed E-state index contributed by atoms with van der Waals surface area (Å²) in [7, 11) is 0. The van der Waals surface area contributed by atoms with Crippen LogP contribution in [0.3, 0.4) is 0 Å². The van der Waals surface area contributed by atoms with Gasteiger partial charge in [-0.05, 0) is 25.0 Å². The quantitative estimate of drug-likeness (QED) is 0.670. The first kappa shape index (κ1) is 13.1. The molecule has 1 saturated heterocycles. The summed E-state index contributed by atoms with van der Waals surface area (Å²) < 4.78 is 1.84. The van der Waals surface area contributed by atoms with Gasteiger partial charge >= 0.3 is 0 Å². The fraction of sp³-hybridized carbons (Fsp3) is 0.357. The van der Waals surface area contributed by atoms with E-state index in [-0.39, 0.29) is 6.04 Å². The molecular weight excluding hydrogens is 280 g/mol. The molecule has 8 nitrogen and oxygen atoms in total. The summed E-state index contributed by atoms with van der Waals surface area (Å²) in [6.45, 7) is 1.77. The Bertz CT molecular complexity index is 754. The first-order chi connectivity index (χ1) is 10.8. The number of rotatable bonds is 3. The van der Waals surface area contributed by atoms with E-state index in [2.05, 4.69) is 25.5 Å². The van der Waals surface area contributed by atoms with Crippen LogP contribution in [-0.2, 0) is 0 Å². The van der Waals surface area contributed by atoms with Gasteiger partial charge in [-0.15, -0.1) is 5.10 Å². The molecule has 114 valence electrons. The van der Waals surface area contributed by atoms with Gasteiger partial charge in [0.1, 0.15) is 11.3 Å². The minimum absolute atomic E-state index is 0.286. The molecule has 0 spiro atoms. The summed E-state index contributed by atoms with van der Waals surface area (Å²) in [6.07, 6.45) is 5.56. The number of nitrogens with one attached hydrogen (secondary N) is 2. The van der Waals surface area contributed by atoms with Gasteiger partial charge in [-0.1, -0.05) is 0 Å². The average molecular weight is 298 g/mol. The molecule has 1 fully saturated rings. The Balaban J connectivity index is 1.70. The Morgan fingerprint density at radius 3 is 2.91 bits per heavy atom. The number of aromatic amines is 1. The van der Waals surface area contributed by atoms with E-state index in [4.69, 9.17) is 10.7 Å². The van der Waals surface area contributed by atoms with Crippen LogP contribution in [0.5, 0.6) is 0 Å². The van der Waals surface area contributed by atoms with E-state index in [1.165, 1.54) is 0 Å². The van der Waals surface area contributed by atoms with E-state index < -0.39 is 0 Å². The number of fused-ring (bicyclic) bond motifs is 1. The van der Waals surface area contributed by atoms with Crippen molar-refractivity contribution in [1.82, 2.24) is 24.8 Å². The van der Waals surface area contributed by atoms with Gasteiger partial charge < -0.3 is 16.0 Å². The second-order valence-corrected chi connectivity index (χ2v) is 5.52. The summed E-state index contributed by atoms with van der Waals surface area (Å²) in [5.41, 5.74) is 6.90. The fourth-order valence-corrected chi connectivity index (χ4v) is 2.70. The van der Waals surface area contributed by atoms with Gasteiger partial charge in [0.05, 0.1) is 6.20 Å². The number of piperidine rings is 1. The maximum atomic E-state index is 5.97. The normalized spacial score (nSPS) is 16.3. The van der Waals surface area contributed by atoms with Crippen LogP contribution < -0.4 is 16.0 Å². The predicted octanol–water partition coefficient (Wildman–Crippen LogP) is 1.12. The molecule has 0 aromatic carbocycles. The van der Waals surface area contributed by atoms with Gasteiger partial charge in [0.25, 0.3) is 0 Å². The van der Waals surface area contributed by atoms with E-state index in [0.717, 1.165) is 49.0 Å². The number of hydrogen-bond acceptors (Lipinski definition) is 6. The second kappa shape index (κ2) is 5.30. The van der Waals surface area contributed by atoms with Crippen molar-refractivity contribution in [3.8, 4) is 0 Å². The number of H-pyrrole nitrogens is 1. The number of anilines is 3. The highest BCUT2D eigenvalue weighted by molar-refractivity contribution is 5.72. The predicted molar refractivity (Wildman–Crippen MR) is 84.3 cm³/mol. The lowest BCUT2D eigenvalue weighted by Crippen LogP contribution is -2.40. The number of nitrogens with zero attached hydrogens (tertiary/aromatic N) is 5. The van der Waals surface area contributed by atoms with Crippen molar-refractivity contribution >= 4 is 23.1 Å².